The van der Waals surface area contributed by atoms with Crippen LogP contribution in [0.25, 0.3) is 0 Å². The van der Waals surface area contributed by atoms with Crippen molar-refractivity contribution in [1.82, 2.24) is 0 Å². The summed E-state index contributed by atoms with van der Waals surface area (Å²) in [7, 11) is -3.96. The van der Waals surface area contributed by atoms with Crippen LogP contribution in [0.4, 0.5) is 0 Å². The van der Waals surface area contributed by atoms with Gasteiger partial charge in [-0.2, -0.15) is 8.42 Å². The Morgan fingerprint density at radius 1 is 1.50 bits per heavy atom. The molecule has 0 spiro atoms. The quantitative estimate of drug-likeness (QED) is 0.645. The fourth-order valence-corrected chi connectivity index (χ4v) is 1.52. The molecular weight excluding hydrogens is 178 g/mol. The zero-order valence-electron chi connectivity index (χ0n) is 7.74. The lowest BCUT2D eigenvalue weighted by atomic mass is 9.98. The van der Waals surface area contributed by atoms with Crippen molar-refractivity contribution in [3.63, 3.8) is 0 Å². The molecule has 4 nitrogen and oxygen atoms in total. The molecule has 0 heterocycles. The summed E-state index contributed by atoms with van der Waals surface area (Å²) >= 11 is 0. The van der Waals surface area contributed by atoms with Crippen LogP contribution < -0.4 is 5.73 Å². The van der Waals surface area contributed by atoms with Gasteiger partial charge in [-0.25, -0.2) is 0 Å². The summed E-state index contributed by atoms with van der Waals surface area (Å²) < 4.78 is 29.4. The van der Waals surface area contributed by atoms with Crippen molar-refractivity contribution in [2.45, 2.75) is 31.9 Å². The monoisotopic (exact) mass is 195 g/mol. The molecular formula is C7H17NO3S. The van der Waals surface area contributed by atoms with Crippen LogP contribution in [0.2, 0.25) is 0 Å². The predicted molar refractivity (Wildman–Crippen MR) is 48.5 cm³/mol. The minimum atomic E-state index is -3.96. The van der Waals surface area contributed by atoms with E-state index in [1.54, 1.807) is 0 Å². The standard InChI is InChI=1S/C7H17NO3S/c1-6(5-8)4-7(2,3)12(9,10)11/h6H,4-5,8H2,1-3H3,(H,9,10,11). The molecule has 0 aliphatic rings. The second kappa shape index (κ2) is 3.72. The van der Waals surface area contributed by atoms with Crippen LogP contribution in [0.1, 0.15) is 27.2 Å². The van der Waals surface area contributed by atoms with Gasteiger partial charge in [-0.3, -0.25) is 4.55 Å². The zero-order chi connectivity index (χ0) is 9.99. The van der Waals surface area contributed by atoms with Crippen molar-refractivity contribution < 1.29 is 13.0 Å². The summed E-state index contributed by atoms with van der Waals surface area (Å²) in [4.78, 5) is 0. The van der Waals surface area contributed by atoms with Gasteiger partial charge in [-0.15, -0.1) is 0 Å². The van der Waals surface area contributed by atoms with Gasteiger partial charge in [0.25, 0.3) is 10.1 Å². The number of nitrogens with two attached hydrogens (primary N) is 1. The van der Waals surface area contributed by atoms with E-state index < -0.39 is 14.9 Å². The average Bonchev–Trinajstić information content (AvgIpc) is 1.84. The van der Waals surface area contributed by atoms with Crippen molar-refractivity contribution in [1.29, 1.82) is 0 Å². The maximum atomic E-state index is 10.8. The zero-order valence-corrected chi connectivity index (χ0v) is 8.56. The first-order valence-electron chi connectivity index (χ1n) is 3.88. The van der Waals surface area contributed by atoms with E-state index in [-0.39, 0.29) is 5.92 Å². The van der Waals surface area contributed by atoms with Gasteiger partial charge in [-0.05, 0) is 32.7 Å². The third kappa shape index (κ3) is 3.08. The van der Waals surface area contributed by atoms with Gasteiger partial charge in [0.1, 0.15) is 0 Å². The van der Waals surface area contributed by atoms with Gasteiger partial charge in [0.05, 0.1) is 4.75 Å². The molecule has 0 aliphatic carbocycles. The van der Waals surface area contributed by atoms with Gasteiger partial charge in [0.2, 0.25) is 0 Å². The number of hydrogen-bond donors (Lipinski definition) is 2. The highest BCUT2D eigenvalue weighted by atomic mass is 32.2. The Morgan fingerprint density at radius 2 is 1.92 bits per heavy atom. The SMILES string of the molecule is CC(CN)CC(C)(C)S(=O)(=O)O. The first kappa shape index (κ1) is 11.9. The molecule has 0 rings (SSSR count). The lowest BCUT2D eigenvalue weighted by Crippen LogP contribution is -2.34. The second-order valence-electron chi connectivity index (χ2n) is 3.78. The van der Waals surface area contributed by atoms with Gasteiger partial charge in [-0.1, -0.05) is 6.92 Å². The van der Waals surface area contributed by atoms with Crippen molar-refractivity contribution in [2.24, 2.45) is 11.7 Å². The Hall–Kier alpha value is -0.130. The highest BCUT2D eigenvalue weighted by molar-refractivity contribution is 7.87. The minimum Gasteiger partial charge on any atom is -0.330 e. The van der Waals surface area contributed by atoms with E-state index in [0.717, 1.165) is 0 Å². The summed E-state index contributed by atoms with van der Waals surface area (Å²) in [6.45, 7) is 5.27. The normalized spacial score (nSPS) is 16.1. The Balaban J connectivity index is 4.44. The van der Waals surface area contributed by atoms with E-state index in [4.69, 9.17) is 10.3 Å². The molecule has 3 N–H and O–H groups in total. The molecule has 0 aromatic carbocycles. The molecule has 5 heteroatoms. The van der Waals surface area contributed by atoms with E-state index >= 15 is 0 Å². The molecule has 0 amide bonds. The van der Waals surface area contributed by atoms with E-state index in [2.05, 4.69) is 0 Å². The Labute approximate surface area is 73.9 Å². The highest BCUT2D eigenvalue weighted by Crippen LogP contribution is 2.23. The molecule has 0 radical (unpaired) electrons. The largest absolute Gasteiger partial charge is 0.330 e. The van der Waals surface area contributed by atoms with Crippen LogP contribution in [0.15, 0.2) is 0 Å². The Kier molecular flexibility index (Phi) is 3.68. The Bertz CT molecular complexity index is 233. The fourth-order valence-electron chi connectivity index (χ4n) is 1.03. The lowest BCUT2D eigenvalue weighted by molar-refractivity contribution is 0.396. The van der Waals surface area contributed by atoms with Crippen LogP contribution in [-0.4, -0.2) is 24.3 Å². The van der Waals surface area contributed by atoms with Gasteiger partial charge in [0, 0.05) is 0 Å². The maximum Gasteiger partial charge on any atom is 0.270 e. The molecule has 0 saturated heterocycles. The van der Waals surface area contributed by atoms with E-state index in [1.165, 1.54) is 13.8 Å². The first-order valence-corrected chi connectivity index (χ1v) is 5.32. The highest BCUT2D eigenvalue weighted by Gasteiger charge is 2.33. The third-order valence-electron chi connectivity index (χ3n) is 1.94. The van der Waals surface area contributed by atoms with Gasteiger partial charge in [0.15, 0.2) is 0 Å². The summed E-state index contributed by atoms with van der Waals surface area (Å²) in [5.74, 6) is 0.0990. The van der Waals surface area contributed by atoms with E-state index in [0.29, 0.717) is 13.0 Å². The third-order valence-corrected chi connectivity index (χ3v) is 3.50. The van der Waals surface area contributed by atoms with E-state index in [9.17, 15) is 8.42 Å². The van der Waals surface area contributed by atoms with Crippen molar-refractivity contribution >= 4 is 10.1 Å². The van der Waals surface area contributed by atoms with Crippen molar-refractivity contribution in [2.75, 3.05) is 6.54 Å². The minimum absolute atomic E-state index is 0.0990. The second-order valence-corrected chi connectivity index (χ2v) is 5.84. The molecule has 0 bridgehead atoms. The molecule has 0 aliphatic heterocycles. The molecule has 12 heavy (non-hydrogen) atoms. The lowest BCUT2D eigenvalue weighted by Gasteiger charge is -2.23. The summed E-state index contributed by atoms with van der Waals surface area (Å²) in [5.41, 5.74) is 5.35. The Morgan fingerprint density at radius 3 is 2.17 bits per heavy atom. The summed E-state index contributed by atoms with van der Waals surface area (Å²) in [5, 5.41) is 0. The van der Waals surface area contributed by atoms with Gasteiger partial charge < -0.3 is 5.73 Å². The summed E-state index contributed by atoms with van der Waals surface area (Å²) in [6.07, 6.45) is 0.377. The van der Waals surface area contributed by atoms with Crippen LogP contribution >= 0.6 is 0 Å². The molecule has 0 aromatic rings. The maximum absolute atomic E-state index is 10.8. The smallest absolute Gasteiger partial charge is 0.270 e. The molecule has 1 atom stereocenters. The molecule has 0 aromatic heterocycles. The average molecular weight is 195 g/mol. The first-order chi connectivity index (χ1) is 5.20. The van der Waals surface area contributed by atoms with Gasteiger partial charge >= 0.3 is 0 Å². The molecule has 0 fully saturated rings. The molecule has 0 saturated carbocycles. The van der Waals surface area contributed by atoms with Crippen LogP contribution in [0, 0.1) is 5.92 Å². The molecule has 74 valence electrons. The van der Waals surface area contributed by atoms with Crippen LogP contribution in [0.3, 0.4) is 0 Å². The topological polar surface area (TPSA) is 80.4 Å². The van der Waals surface area contributed by atoms with Crippen molar-refractivity contribution in [3.05, 3.63) is 0 Å². The van der Waals surface area contributed by atoms with E-state index in [1.807, 2.05) is 6.92 Å². The molecule has 1 unspecified atom stereocenters. The number of rotatable bonds is 4. The van der Waals surface area contributed by atoms with Crippen LogP contribution in [0.5, 0.6) is 0 Å². The summed E-state index contributed by atoms with van der Waals surface area (Å²) in [6, 6.07) is 0. The fraction of sp³-hybridized carbons (Fsp3) is 1.00. The predicted octanol–water partition coefficient (Wildman–Crippen LogP) is 0.638. The van der Waals surface area contributed by atoms with Crippen LogP contribution in [-0.2, 0) is 10.1 Å². The van der Waals surface area contributed by atoms with Crippen molar-refractivity contribution in [3.8, 4) is 0 Å². The number of hydrogen-bond acceptors (Lipinski definition) is 3.